The van der Waals surface area contributed by atoms with E-state index in [1.165, 1.54) is 19.1 Å². The van der Waals surface area contributed by atoms with Crippen molar-refractivity contribution in [2.45, 2.75) is 13.0 Å². The fraction of sp³-hybridized carbons (Fsp3) is 0.300. The summed E-state index contributed by atoms with van der Waals surface area (Å²) in [6.07, 6.45) is 0.872. The maximum atomic E-state index is 13.0. The molecular formula is C10H12FNO4S. The maximum Gasteiger partial charge on any atom is 0.327 e. The normalized spacial score (nSPS) is 13.1. The Morgan fingerprint density at radius 1 is 1.47 bits per heavy atom. The number of aliphatic carboxylic acids is 1. The number of benzene rings is 1. The van der Waals surface area contributed by atoms with Crippen LogP contribution in [0.1, 0.15) is 6.92 Å². The van der Waals surface area contributed by atoms with Crippen molar-refractivity contribution in [2.75, 3.05) is 10.6 Å². The van der Waals surface area contributed by atoms with Gasteiger partial charge in [0.1, 0.15) is 11.9 Å². The summed E-state index contributed by atoms with van der Waals surface area (Å²) in [7, 11) is -3.79. The molecule has 0 aromatic heterocycles. The Morgan fingerprint density at radius 2 is 2.06 bits per heavy atom. The number of hydrogen-bond acceptors (Lipinski definition) is 3. The molecule has 0 aliphatic carbocycles. The lowest BCUT2D eigenvalue weighted by Gasteiger charge is -2.26. The van der Waals surface area contributed by atoms with Gasteiger partial charge < -0.3 is 5.11 Å². The first-order valence-corrected chi connectivity index (χ1v) is 6.56. The number of hydrogen-bond donors (Lipinski definition) is 1. The van der Waals surface area contributed by atoms with Crippen molar-refractivity contribution in [1.29, 1.82) is 0 Å². The summed E-state index contributed by atoms with van der Waals surface area (Å²) in [6.45, 7) is 1.22. The number of carbonyl (C=O) groups is 1. The largest absolute Gasteiger partial charge is 0.480 e. The predicted molar refractivity (Wildman–Crippen MR) is 60.8 cm³/mol. The zero-order valence-electron chi connectivity index (χ0n) is 9.29. The standard InChI is InChI=1S/C10H12FNO4S/c1-7(10(13)14)12(17(2,15)16)9-5-3-4-8(11)6-9/h3-7H,1-2H3,(H,13,14)/t7-/m1/s1. The second-order valence-electron chi connectivity index (χ2n) is 3.55. The van der Waals surface area contributed by atoms with Crippen molar-refractivity contribution in [1.82, 2.24) is 0 Å². The quantitative estimate of drug-likeness (QED) is 0.879. The molecule has 0 spiro atoms. The van der Waals surface area contributed by atoms with E-state index in [4.69, 9.17) is 5.11 Å². The van der Waals surface area contributed by atoms with Crippen LogP contribution in [0, 0.1) is 5.82 Å². The molecule has 0 amide bonds. The zero-order valence-corrected chi connectivity index (χ0v) is 10.1. The van der Waals surface area contributed by atoms with E-state index >= 15 is 0 Å². The van der Waals surface area contributed by atoms with Gasteiger partial charge >= 0.3 is 5.97 Å². The molecule has 0 aliphatic heterocycles. The van der Waals surface area contributed by atoms with Gasteiger partial charge in [0.25, 0.3) is 0 Å². The number of carboxylic acid groups (broad SMARTS) is 1. The summed E-state index contributed by atoms with van der Waals surface area (Å²) in [5.74, 6) is -1.94. The Kier molecular flexibility index (Phi) is 3.72. The van der Waals surface area contributed by atoms with Crippen LogP contribution in [0.4, 0.5) is 10.1 Å². The second kappa shape index (κ2) is 4.70. The fourth-order valence-corrected chi connectivity index (χ4v) is 2.58. The van der Waals surface area contributed by atoms with Gasteiger partial charge in [-0.1, -0.05) is 6.07 Å². The van der Waals surface area contributed by atoms with Gasteiger partial charge in [0, 0.05) is 0 Å². The summed E-state index contributed by atoms with van der Waals surface area (Å²) >= 11 is 0. The molecule has 0 heterocycles. The van der Waals surface area contributed by atoms with Crippen LogP contribution in [0.15, 0.2) is 24.3 Å². The van der Waals surface area contributed by atoms with Gasteiger partial charge in [-0.2, -0.15) is 0 Å². The van der Waals surface area contributed by atoms with E-state index in [0.717, 1.165) is 18.4 Å². The van der Waals surface area contributed by atoms with Crippen molar-refractivity contribution in [2.24, 2.45) is 0 Å². The highest BCUT2D eigenvalue weighted by Crippen LogP contribution is 2.21. The highest BCUT2D eigenvalue weighted by Gasteiger charge is 2.28. The molecule has 0 unspecified atom stereocenters. The van der Waals surface area contributed by atoms with Crippen LogP contribution in [0.5, 0.6) is 0 Å². The molecule has 17 heavy (non-hydrogen) atoms. The van der Waals surface area contributed by atoms with Crippen LogP contribution in [0.3, 0.4) is 0 Å². The van der Waals surface area contributed by atoms with E-state index in [9.17, 15) is 17.6 Å². The van der Waals surface area contributed by atoms with Crippen LogP contribution in [-0.2, 0) is 14.8 Å². The lowest BCUT2D eigenvalue weighted by atomic mass is 10.2. The summed E-state index contributed by atoms with van der Waals surface area (Å²) in [5.41, 5.74) is -0.0117. The average Bonchev–Trinajstić information content (AvgIpc) is 2.15. The molecule has 0 fully saturated rings. The van der Waals surface area contributed by atoms with Crippen molar-refractivity contribution in [3.8, 4) is 0 Å². The molecule has 0 bridgehead atoms. The minimum Gasteiger partial charge on any atom is -0.480 e. The highest BCUT2D eigenvalue weighted by molar-refractivity contribution is 7.92. The average molecular weight is 261 g/mol. The van der Waals surface area contributed by atoms with E-state index in [1.54, 1.807) is 0 Å². The number of carboxylic acids is 1. The number of rotatable bonds is 4. The number of nitrogens with zero attached hydrogens (tertiary/aromatic N) is 1. The van der Waals surface area contributed by atoms with Crippen molar-refractivity contribution in [3.05, 3.63) is 30.1 Å². The van der Waals surface area contributed by atoms with Crippen LogP contribution in [-0.4, -0.2) is 31.8 Å². The Hall–Kier alpha value is -1.63. The third-order valence-electron chi connectivity index (χ3n) is 2.13. The van der Waals surface area contributed by atoms with Crippen molar-refractivity contribution < 1.29 is 22.7 Å². The van der Waals surface area contributed by atoms with E-state index in [0.29, 0.717) is 4.31 Å². The van der Waals surface area contributed by atoms with Gasteiger partial charge in [0.2, 0.25) is 10.0 Å². The molecule has 1 atom stereocenters. The Balaban J connectivity index is 3.30. The van der Waals surface area contributed by atoms with E-state index in [1.807, 2.05) is 0 Å². The molecule has 0 saturated heterocycles. The monoisotopic (exact) mass is 261 g/mol. The minimum absolute atomic E-state index is 0.0117. The molecule has 7 heteroatoms. The van der Waals surface area contributed by atoms with Gasteiger partial charge in [-0.25, -0.2) is 17.6 Å². The predicted octanol–water partition coefficient (Wildman–Crippen LogP) is 1.06. The highest BCUT2D eigenvalue weighted by atomic mass is 32.2. The maximum absolute atomic E-state index is 13.0. The van der Waals surface area contributed by atoms with Crippen molar-refractivity contribution in [3.63, 3.8) is 0 Å². The Labute approximate surface area is 98.5 Å². The van der Waals surface area contributed by atoms with Crippen LogP contribution < -0.4 is 4.31 Å². The fourth-order valence-electron chi connectivity index (χ4n) is 1.42. The molecule has 1 rings (SSSR count). The molecular weight excluding hydrogens is 249 g/mol. The molecule has 94 valence electrons. The van der Waals surface area contributed by atoms with Crippen LogP contribution in [0.25, 0.3) is 0 Å². The first kappa shape index (κ1) is 13.4. The molecule has 0 radical (unpaired) electrons. The Morgan fingerprint density at radius 3 is 2.47 bits per heavy atom. The Bertz CT molecular complexity index is 529. The summed E-state index contributed by atoms with van der Waals surface area (Å²) in [4.78, 5) is 10.8. The summed E-state index contributed by atoms with van der Waals surface area (Å²) < 4.78 is 36.7. The summed E-state index contributed by atoms with van der Waals surface area (Å²) in [5, 5.41) is 8.85. The zero-order chi connectivity index (χ0) is 13.2. The van der Waals surface area contributed by atoms with E-state index in [2.05, 4.69) is 0 Å². The first-order chi connectivity index (χ1) is 7.73. The van der Waals surface area contributed by atoms with E-state index < -0.39 is 27.9 Å². The molecule has 1 N–H and O–H groups in total. The molecule has 1 aromatic carbocycles. The van der Waals surface area contributed by atoms with Gasteiger partial charge in [-0.15, -0.1) is 0 Å². The van der Waals surface area contributed by atoms with E-state index in [-0.39, 0.29) is 5.69 Å². The second-order valence-corrected chi connectivity index (χ2v) is 5.41. The van der Waals surface area contributed by atoms with Crippen LogP contribution in [0.2, 0.25) is 0 Å². The molecule has 5 nitrogen and oxygen atoms in total. The first-order valence-electron chi connectivity index (χ1n) is 4.71. The third kappa shape index (κ3) is 3.16. The lowest BCUT2D eigenvalue weighted by molar-refractivity contribution is -0.137. The number of anilines is 1. The van der Waals surface area contributed by atoms with Gasteiger partial charge in [0.05, 0.1) is 11.9 Å². The smallest absolute Gasteiger partial charge is 0.327 e. The minimum atomic E-state index is -3.79. The third-order valence-corrected chi connectivity index (χ3v) is 3.37. The van der Waals surface area contributed by atoms with Crippen molar-refractivity contribution >= 4 is 21.7 Å². The van der Waals surface area contributed by atoms with Gasteiger partial charge in [-0.05, 0) is 25.1 Å². The molecule has 0 aliphatic rings. The SMILES string of the molecule is C[C@H](C(=O)O)N(c1cccc(F)c1)S(C)(=O)=O. The molecule has 1 aromatic rings. The van der Waals surface area contributed by atoms with Gasteiger partial charge in [0.15, 0.2) is 0 Å². The van der Waals surface area contributed by atoms with Gasteiger partial charge in [-0.3, -0.25) is 4.31 Å². The number of sulfonamides is 1. The summed E-state index contributed by atoms with van der Waals surface area (Å²) in [6, 6.07) is 3.48. The lowest BCUT2D eigenvalue weighted by Crippen LogP contribution is -2.42. The topological polar surface area (TPSA) is 74.7 Å². The van der Waals surface area contributed by atoms with Crippen LogP contribution >= 0.6 is 0 Å². The molecule has 0 saturated carbocycles. The number of halogens is 1.